The summed E-state index contributed by atoms with van der Waals surface area (Å²) in [6.07, 6.45) is 13.1. The molecule has 0 radical (unpaired) electrons. The molecule has 80 heavy (non-hydrogen) atoms. The highest BCUT2D eigenvalue weighted by Gasteiger charge is 2.26. The molecule has 0 aliphatic heterocycles. The van der Waals surface area contributed by atoms with E-state index in [0.29, 0.717) is 19.4 Å². The molecule has 1 aromatic rings. The number of hydrogen-bond acceptors (Lipinski definition) is 14. The summed E-state index contributed by atoms with van der Waals surface area (Å²) in [5.74, 6) is -0.843. The Balaban J connectivity index is -0.000000222. The van der Waals surface area contributed by atoms with Crippen LogP contribution in [-0.4, -0.2) is 152 Å². The zero-order chi connectivity index (χ0) is 63.0. The Hall–Kier alpha value is -5.46. The number of nitrogens with zero attached hydrogens (tertiary/aromatic N) is 1. The normalized spacial score (nSPS) is 11.8. The predicted octanol–water partition coefficient (Wildman–Crippen LogP) is 4.39. The van der Waals surface area contributed by atoms with E-state index in [-0.39, 0.29) is 72.9 Å². The molecule has 0 aliphatic rings. The van der Waals surface area contributed by atoms with E-state index >= 15 is 0 Å². The van der Waals surface area contributed by atoms with Crippen molar-refractivity contribution in [2.45, 2.75) is 191 Å². The summed E-state index contributed by atoms with van der Waals surface area (Å²) in [5, 5.41) is 26.7. The summed E-state index contributed by atoms with van der Waals surface area (Å²) in [7, 11) is 0. The number of aldehydes is 1. The summed E-state index contributed by atoms with van der Waals surface area (Å²) >= 11 is 3.18. The molecule has 7 amide bonds. The molecule has 0 saturated carbocycles. The summed E-state index contributed by atoms with van der Waals surface area (Å²) < 4.78 is 0. The van der Waals surface area contributed by atoms with Crippen molar-refractivity contribution in [1.29, 1.82) is 0 Å². The molecule has 0 spiro atoms. The molecule has 1 aromatic carbocycles. The van der Waals surface area contributed by atoms with Crippen molar-refractivity contribution in [2.24, 2.45) is 45.7 Å². The van der Waals surface area contributed by atoms with Crippen LogP contribution < -0.4 is 60.2 Å². The van der Waals surface area contributed by atoms with Crippen LogP contribution in [0.1, 0.15) is 153 Å². The van der Waals surface area contributed by atoms with E-state index in [2.05, 4.69) is 102 Å². The molecule has 24 heteroatoms. The van der Waals surface area contributed by atoms with Gasteiger partial charge < -0.3 is 70.1 Å². The third-order valence-corrected chi connectivity index (χ3v) is 11.3. The molecule has 466 valence electrons. The number of benzene rings is 1. The molecule has 1 rings (SSSR count). The number of thioether (sulfide) groups is 2. The van der Waals surface area contributed by atoms with Gasteiger partial charge in [-0.3, -0.25) is 38.6 Å². The number of nitrogens with one attached hydrogen (secondary N) is 7. The Bertz CT molecular complexity index is 1780. The van der Waals surface area contributed by atoms with Gasteiger partial charge in [0.05, 0.1) is 25.7 Å². The van der Waals surface area contributed by atoms with Gasteiger partial charge in [0, 0.05) is 30.8 Å². The minimum atomic E-state index is -1.14. The number of guanidine groups is 1. The fourth-order valence-corrected chi connectivity index (χ4v) is 6.25. The summed E-state index contributed by atoms with van der Waals surface area (Å²) in [5.41, 5.74) is 22.4. The van der Waals surface area contributed by atoms with Crippen molar-refractivity contribution in [2.75, 3.05) is 50.2 Å². The molecule has 0 bridgehead atoms. The molecule has 5 unspecified atom stereocenters. The number of nitrogens with two attached hydrogens (primary N) is 4. The number of aliphatic imine (C=N–C) groups is 1. The third-order valence-electron chi connectivity index (χ3n) is 10.1. The Morgan fingerprint density at radius 1 is 0.675 bits per heavy atom. The van der Waals surface area contributed by atoms with E-state index in [1.165, 1.54) is 35.9 Å². The van der Waals surface area contributed by atoms with Crippen molar-refractivity contribution >= 4 is 83.6 Å². The van der Waals surface area contributed by atoms with Crippen LogP contribution in [0.15, 0.2) is 35.3 Å². The lowest BCUT2D eigenvalue weighted by Gasteiger charge is -2.21. The van der Waals surface area contributed by atoms with Crippen molar-refractivity contribution in [1.82, 2.24) is 37.2 Å². The SMILES string of the molecule is CC(C)NC(=O)CNC(=O)C(N)C(C)C.CC(CCCN=C(N)N)NC(=O)CN.CCC(NC=O)C(=O)NC(CSC)C(=O)NCC(=O)NC(CC(C)C)C(=O)O.CCCC(C)C.CCCCC=O.CCSC.Cc1ccccc1. The second-order valence-electron chi connectivity index (χ2n) is 19.6. The topological polar surface area (TPSA) is 375 Å². The second-order valence-corrected chi connectivity index (χ2v) is 21.7. The maximum atomic E-state index is 12.3. The molecular weight excluding hydrogens is 1060 g/mol. The lowest BCUT2D eigenvalue weighted by molar-refractivity contribution is -0.142. The summed E-state index contributed by atoms with van der Waals surface area (Å²) in [6.45, 7) is 28.0. The standard InChI is InChI=1S/C17H30N4O6S.C10H21N3O2.C8H19N5O.C7H8.C6H14.C5H10O.C3H8S/c1-5-11(19-9-22)16(25)21-13(8-28-4)15(24)18-7-14(23)20-12(17(26)27)6-10(2)3;1-6(2)9(11)10(15)12-5-8(14)13-7(3)4;1-6(13-7(14)5-9)3-2-4-12-8(10)11;1-7-5-3-2-4-6-7;1-4-5-6(2)3;1-2-3-4-5-6;1-3-4-2/h9-13H,5-8H2,1-4H3,(H,18,24)(H,19,22)(H,20,23)(H,21,25)(H,26,27);6-7,9H,5,11H2,1-4H3,(H,12,15)(H,13,14);6H,2-5,9H2,1H3,(H,13,14)(H4,10,11,12);2-6H,1H3;6H,4-5H2,1-3H3;5H,2-4H2,1H3;3H2,1-2H3. The molecular formula is C56H110N12O10S2. The number of hydrogen-bond donors (Lipinski definition) is 12. The Morgan fingerprint density at radius 2 is 1.23 bits per heavy atom. The van der Waals surface area contributed by atoms with Gasteiger partial charge in [0.2, 0.25) is 41.9 Å². The van der Waals surface area contributed by atoms with E-state index in [4.69, 9.17) is 28.0 Å². The highest BCUT2D eigenvalue weighted by Crippen LogP contribution is 2.05. The maximum Gasteiger partial charge on any atom is 0.326 e. The second kappa shape index (κ2) is 59.7. The molecule has 0 saturated heterocycles. The summed E-state index contributed by atoms with van der Waals surface area (Å²) in [4.78, 5) is 105. The van der Waals surface area contributed by atoms with E-state index in [1.54, 1.807) is 13.2 Å². The molecule has 22 nitrogen and oxygen atoms in total. The predicted molar refractivity (Wildman–Crippen MR) is 332 cm³/mol. The van der Waals surface area contributed by atoms with Gasteiger partial charge in [0.15, 0.2) is 5.96 Å². The van der Waals surface area contributed by atoms with Crippen molar-refractivity contribution < 1.29 is 48.3 Å². The highest BCUT2D eigenvalue weighted by molar-refractivity contribution is 7.98. The number of rotatable bonds is 31. The number of unbranched alkanes of at least 4 members (excludes halogenated alkanes) is 2. The number of carboxylic acid groups (broad SMARTS) is 1. The van der Waals surface area contributed by atoms with Gasteiger partial charge in [-0.15, -0.1) is 0 Å². The van der Waals surface area contributed by atoms with Crippen LogP contribution in [0.25, 0.3) is 0 Å². The number of carbonyl (C=O) groups is 9. The average molecular weight is 1180 g/mol. The first-order valence-electron chi connectivity index (χ1n) is 27.7. The smallest absolute Gasteiger partial charge is 0.326 e. The molecule has 0 heterocycles. The van der Waals surface area contributed by atoms with Gasteiger partial charge in [-0.2, -0.15) is 23.5 Å². The van der Waals surface area contributed by atoms with Gasteiger partial charge in [0.1, 0.15) is 24.4 Å². The highest BCUT2D eigenvalue weighted by atomic mass is 32.2. The number of aryl methyl sites for hydroxylation is 1. The minimum absolute atomic E-state index is 0.0164. The van der Waals surface area contributed by atoms with E-state index < -0.39 is 54.4 Å². The molecule has 0 fully saturated rings. The number of aliphatic carboxylic acids is 1. The fourth-order valence-electron chi connectivity index (χ4n) is 5.68. The maximum absolute atomic E-state index is 12.3. The fraction of sp³-hybridized carbons (Fsp3) is 0.714. The van der Waals surface area contributed by atoms with Crippen molar-refractivity contribution in [3.63, 3.8) is 0 Å². The summed E-state index contributed by atoms with van der Waals surface area (Å²) in [6, 6.07) is 7.20. The van der Waals surface area contributed by atoms with Crippen LogP contribution in [0, 0.1) is 24.7 Å². The van der Waals surface area contributed by atoms with Gasteiger partial charge in [0.25, 0.3) is 0 Å². The molecule has 5 atom stereocenters. The van der Waals surface area contributed by atoms with Crippen LogP contribution in [0.2, 0.25) is 0 Å². The first-order chi connectivity index (χ1) is 37.5. The van der Waals surface area contributed by atoms with Crippen LogP contribution in [-0.2, 0) is 43.2 Å². The third kappa shape index (κ3) is 63.4. The quantitative estimate of drug-likeness (QED) is 0.0212. The molecule has 0 aliphatic carbocycles. The monoisotopic (exact) mass is 1170 g/mol. The van der Waals surface area contributed by atoms with E-state index in [0.717, 1.165) is 44.3 Å². The van der Waals surface area contributed by atoms with E-state index in [9.17, 15) is 43.2 Å². The lowest BCUT2D eigenvalue weighted by atomic mass is 10.0. The van der Waals surface area contributed by atoms with Crippen molar-refractivity contribution in [3.05, 3.63) is 35.9 Å². The van der Waals surface area contributed by atoms with Gasteiger partial charge >= 0.3 is 5.97 Å². The van der Waals surface area contributed by atoms with Gasteiger partial charge in [-0.1, -0.05) is 124 Å². The zero-order valence-electron chi connectivity index (χ0n) is 51.5. The van der Waals surface area contributed by atoms with Crippen LogP contribution in [0.4, 0.5) is 0 Å². The van der Waals surface area contributed by atoms with Crippen molar-refractivity contribution in [3.8, 4) is 0 Å². The Kier molecular flexibility index (Phi) is 64.0. The number of amides is 7. The number of carbonyl (C=O) groups excluding carboxylic acids is 8. The largest absolute Gasteiger partial charge is 0.480 e. The van der Waals surface area contributed by atoms with Crippen LogP contribution in [0.3, 0.4) is 0 Å². The first-order valence-corrected chi connectivity index (χ1v) is 30.4. The molecule has 0 aromatic heterocycles. The van der Waals surface area contributed by atoms with Gasteiger partial charge in [-0.25, -0.2) is 4.79 Å². The Labute approximate surface area is 489 Å². The zero-order valence-corrected chi connectivity index (χ0v) is 53.2. The lowest BCUT2D eigenvalue weighted by Crippen LogP contribution is -2.55. The first kappa shape index (κ1) is 85.8. The minimum Gasteiger partial charge on any atom is -0.480 e. The van der Waals surface area contributed by atoms with Gasteiger partial charge in [-0.05, 0) is 95.8 Å². The average Bonchev–Trinajstić information content (AvgIpc) is 3.39. The van der Waals surface area contributed by atoms with Crippen LogP contribution >= 0.6 is 23.5 Å². The number of carboxylic acids is 1. The molecule has 16 N–H and O–H groups in total. The Morgan fingerprint density at radius 3 is 1.57 bits per heavy atom. The van der Waals surface area contributed by atoms with Crippen LogP contribution in [0.5, 0.6) is 0 Å². The van der Waals surface area contributed by atoms with E-state index in [1.807, 2.05) is 78.4 Å².